The lowest BCUT2D eigenvalue weighted by Gasteiger charge is -2.11. The Kier molecular flexibility index (Phi) is 6.18. The van der Waals surface area contributed by atoms with E-state index < -0.39 is 5.97 Å². The van der Waals surface area contributed by atoms with Crippen LogP contribution in [0, 0.1) is 0 Å². The van der Waals surface area contributed by atoms with Crippen LogP contribution in [0.3, 0.4) is 0 Å². The van der Waals surface area contributed by atoms with Gasteiger partial charge in [-0.25, -0.2) is 4.79 Å². The van der Waals surface area contributed by atoms with E-state index in [0.29, 0.717) is 22.4 Å². The van der Waals surface area contributed by atoms with E-state index >= 15 is 0 Å². The molecule has 0 bridgehead atoms. The van der Waals surface area contributed by atoms with Gasteiger partial charge < -0.3 is 14.2 Å². The first-order valence-corrected chi connectivity index (χ1v) is 10.4. The summed E-state index contributed by atoms with van der Waals surface area (Å²) in [6.07, 6.45) is 1.51. The normalized spacial score (nSPS) is 12.4. The molecule has 0 amide bonds. The van der Waals surface area contributed by atoms with E-state index in [2.05, 4.69) is 15.9 Å². The molecule has 0 aromatic heterocycles. The Balaban J connectivity index is 1.48. The maximum atomic E-state index is 12.6. The minimum Gasteiger partial charge on any atom is -0.493 e. The maximum Gasteiger partial charge on any atom is 0.349 e. The molecule has 6 nitrogen and oxygen atoms in total. The summed E-state index contributed by atoms with van der Waals surface area (Å²) in [6.45, 7) is -0.280. The number of fused-ring (bicyclic) bond motifs is 1. The molecule has 0 spiro atoms. The van der Waals surface area contributed by atoms with Gasteiger partial charge in [0, 0.05) is 15.6 Å². The first kappa shape index (κ1) is 21.5. The van der Waals surface area contributed by atoms with Crippen molar-refractivity contribution in [2.45, 2.75) is 0 Å². The van der Waals surface area contributed by atoms with Crippen molar-refractivity contribution in [3.63, 3.8) is 0 Å². The van der Waals surface area contributed by atoms with Gasteiger partial charge in [-0.05, 0) is 48.0 Å². The lowest BCUT2D eigenvalue weighted by atomic mass is 10.1. The standard InChI is InChI=1S/C25H17BrO6/c1-30-22-13-15(12-20-24(28)18-4-2-3-5-19(18)25(20)29)6-11-21(22)32-23(27)14-31-17-9-7-16(26)8-10-17/h2-13H,14H2,1H3. The van der Waals surface area contributed by atoms with Crippen LogP contribution in [0.1, 0.15) is 26.3 Å². The summed E-state index contributed by atoms with van der Waals surface area (Å²) < 4.78 is 17.0. The number of carbonyl (C=O) groups excluding carboxylic acids is 3. The number of carbonyl (C=O) groups is 3. The molecule has 0 aliphatic heterocycles. The third-order valence-corrected chi connectivity index (χ3v) is 5.33. The fourth-order valence-corrected chi connectivity index (χ4v) is 3.52. The fraction of sp³-hybridized carbons (Fsp3) is 0.0800. The van der Waals surface area contributed by atoms with Crippen LogP contribution < -0.4 is 14.2 Å². The van der Waals surface area contributed by atoms with E-state index in [1.54, 1.807) is 66.7 Å². The van der Waals surface area contributed by atoms with Gasteiger partial charge in [-0.2, -0.15) is 0 Å². The van der Waals surface area contributed by atoms with Crippen molar-refractivity contribution in [1.82, 2.24) is 0 Å². The summed E-state index contributed by atoms with van der Waals surface area (Å²) in [6, 6.07) is 18.5. The van der Waals surface area contributed by atoms with Gasteiger partial charge in [-0.3, -0.25) is 9.59 Å². The summed E-state index contributed by atoms with van der Waals surface area (Å²) in [5.74, 6) is -0.214. The third kappa shape index (κ3) is 4.48. The molecule has 4 rings (SSSR count). The van der Waals surface area contributed by atoms with Crippen LogP contribution in [0.25, 0.3) is 6.08 Å². The van der Waals surface area contributed by atoms with Gasteiger partial charge in [0.1, 0.15) is 5.75 Å². The second-order valence-corrected chi connectivity index (χ2v) is 7.80. The number of Topliss-reactive ketones (excluding diaryl/α,β-unsaturated/α-hetero) is 2. The molecule has 0 saturated heterocycles. The zero-order chi connectivity index (χ0) is 22.7. The van der Waals surface area contributed by atoms with Crippen LogP contribution in [0.5, 0.6) is 17.2 Å². The van der Waals surface area contributed by atoms with Crippen molar-refractivity contribution in [2.75, 3.05) is 13.7 Å². The number of hydrogen-bond donors (Lipinski definition) is 0. The van der Waals surface area contributed by atoms with Crippen LogP contribution in [-0.2, 0) is 4.79 Å². The number of ether oxygens (including phenoxy) is 3. The molecule has 3 aromatic rings. The van der Waals surface area contributed by atoms with E-state index in [0.717, 1.165) is 4.47 Å². The monoisotopic (exact) mass is 492 g/mol. The topological polar surface area (TPSA) is 78.9 Å². The molecule has 32 heavy (non-hydrogen) atoms. The van der Waals surface area contributed by atoms with E-state index in [1.807, 2.05) is 0 Å². The van der Waals surface area contributed by atoms with Gasteiger partial charge in [0.25, 0.3) is 0 Å². The first-order valence-electron chi connectivity index (χ1n) is 9.63. The van der Waals surface area contributed by atoms with Crippen molar-refractivity contribution >= 4 is 39.5 Å². The van der Waals surface area contributed by atoms with E-state index in [4.69, 9.17) is 14.2 Å². The summed E-state index contributed by atoms with van der Waals surface area (Å²) in [5, 5.41) is 0. The Hall–Kier alpha value is -3.71. The summed E-state index contributed by atoms with van der Waals surface area (Å²) in [5.41, 5.74) is 1.44. The highest BCUT2D eigenvalue weighted by molar-refractivity contribution is 9.10. The molecule has 0 heterocycles. The minimum atomic E-state index is -0.603. The molecule has 0 atom stereocenters. The van der Waals surface area contributed by atoms with Crippen LogP contribution in [0.2, 0.25) is 0 Å². The van der Waals surface area contributed by atoms with Gasteiger partial charge in [-0.1, -0.05) is 46.3 Å². The summed E-state index contributed by atoms with van der Waals surface area (Å²) in [4.78, 5) is 37.3. The Labute approximate surface area is 192 Å². The number of esters is 1. The SMILES string of the molecule is COc1cc(C=C2C(=O)c3ccccc3C2=O)ccc1OC(=O)COc1ccc(Br)cc1. The minimum absolute atomic E-state index is 0.0842. The smallest absolute Gasteiger partial charge is 0.349 e. The number of hydrogen-bond acceptors (Lipinski definition) is 6. The molecule has 0 radical (unpaired) electrons. The Bertz CT molecular complexity index is 1210. The molecule has 1 aliphatic rings. The number of benzene rings is 3. The van der Waals surface area contributed by atoms with Crippen LogP contribution in [0.15, 0.2) is 76.8 Å². The largest absolute Gasteiger partial charge is 0.493 e. The Morgan fingerprint density at radius 2 is 1.56 bits per heavy atom. The zero-order valence-corrected chi connectivity index (χ0v) is 18.5. The van der Waals surface area contributed by atoms with Crippen molar-refractivity contribution in [1.29, 1.82) is 0 Å². The molecule has 0 fully saturated rings. The summed E-state index contributed by atoms with van der Waals surface area (Å²) >= 11 is 3.33. The number of ketones is 2. The van der Waals surface area contributed by atoms with Crippen molar-refractivity contribution in [3.8, 4) is 17.2 Å². The number of rotatable bonds is 6. The Morgan fingerprint density at radius 1 is 0.906 bits per heavy atom. The maximum absolute atomic E-state index is 12.6. The van der Waals surface area contributed by atoms with Gasteiger partial charge in [0.05, 0.1) is 12.7 Å². The molecule has 3 aromatic carbocycles. The molecule has 160 valence electrons. The molecule has 0 N–H and O–H groups in total. The number of methoxy groups -OCH3 is 1. The van der Waals surface area contributed by atoms with E-state index in [1.165, 1.54) is 13.2 Å². The van der Waals surface area contributed by atoms with Gasteiger partial charge in [0.15, 0.2) is 29.7 Å². The van der Waals surface area contributed by atoms with Crippen molar-refractivity contribution < 1.29 is 28.6 Å². The average molecular weight is 493 g/mol. The van der Waals surface area contributed by atoms with Crippen LogP contribution >= 0.6 is 15.9 Å². The average Bonchev–Trinajstić information content (AvgIpc) is 3.04. The van der Waals surface area contributed by atoms with Crippen LogP contribution in [-0.4, -0.2) is 31.3 Å². The first-order chi connectivity index (χ1) is 15.5. The van der Waals surface area contributed by atoms with Crippen LogP contribution in [0.4, 0.5) is 0 Å². The predicted octanol–water partition coefficient (Wildman–Crippen LogP) is 4.90. The zero-order valence-electron chi connectivity index (χ0n) is 17.0. The Morgan fingerprint density at radius 3 is 2.19 bits per heavy atom. The predicted molar refractivity (Wildman–Crippen MR) is 121 cm³/mol. The van der Waals surface area contributed by atoms with E-state index in [9.17, 15) is 14.4 Å². The summed E-state index contributed by atoms with van der Waals surface area (Å²) in [7, 11) is 1.43. The number of halogens is 1. The molecular weight excluding hydrogens is 476 g/mol. The van der Waals surface area contributed by atoms with Crippen molar-refractivity contribution in [3.05, 3.63) is 93.5 Å². The highest BCUT2D eigenvalue weighted by Crippen LogP contribution is 2.32. The van der Waals surface area contributed by atoms with Gasteiger partial charge in [-0.15, -0.1) is 0 Å². The number of allylic oxidation sites excluding steroid dienone is 1. The second-order valence-electron chi connectivity index (χ2n) is 6.89. The highest BCUT2D eigenvalue weighted by atomic mass is 79.9. The molecule has 0 unspecified atom stereocenters. The lowest BCUT2D eigenvalue weighted by molar-refractivity contribution is -0.136. The fourth-order valence-electron chi connectivity index (χ4n) is 3.25. The third-order valence-electron chi connectivity index (χ3n) is 4.80. The lowest BCUT2D eigenvalue weighted by Crippen LogP contribution is -2.18. The molecule has 1 aliphatic carbocycles. The van der Waals surface area contributed by atoms with Crippen molar-refractivity contribution in [2.24, 2.45) is 0 Å². The molecule has 0 saturated carbocycles. The molecular formula is C25H17BrO6. The van der Waals surface area contributed by atoms with Gasteiger partial charge in [0.2, 0.25) is 0 Å². The highest BCUT2D eigenvalue weighted by Gasteiger charge is 2.32. The second kappa shape index (κ2) is 9.20. The van der Waals surface area contributed by atoms with E-state index in [-0.39, 0.29) is 35.2 Å². The quantitative estimate of drug-likeness (QED) is 0.210. The molecule has 7 heteroatoms. The van der Waals surface area contributed by atoms with Gasteiger partial charge >= 0.3 is 5.97 Å².